The number of rotatable bonds is 6. The lowest BCUT2D eigenvalue weighted by Gasteiger charge is -2.45. The SMILES string of the molecule is O=C(CN1CCC2C[C@H](OC(=O)C3(c4ccccc4)CCCCCC3)C2CC1)Nc1ccon1. The van der Waals surface area contributed by atoms with E-state index < -0.39 is 5.41 Å². The molecule has 1 aromatic carbocycles. The normalized spacial score (nSPS) is 26.9. The highest BCUT2D eigenvalue weighted by Gasteiger charge is 2.48. The van der Waals surface area contributed by atoms with Crippen molar-refractivity contribution in [1.29, 1.82) is 0 Å². The maximum atomic E-state index is 13.7. The van der Waals surface area contributed by atoms with Gasteiger partial charge in [-0.3, -0.25) is 14.5 Å². The van der Waals surface area contributed by atoms with Crippen molar-refractivity contribution >= 4 is 17.7 Å². The Bertz CT molecular complexity index is 954. The largest absolute Gasteiger partial charge is 0.461 e. The number of hydrogen-bond acceptors (Lipinski definition) is 6. The number of esters is 1. The molecule has 3 atom stereocenters. The summed E-state index contributed by atoms with van der Waals surface area (Å²) in [6, 6.07) is 11.9. The van der Waals surface area contributed by atoms with E-state index >= 15 is 0 Å². The number of nitrogens with zero attached hydrogens (tertiary/aromatic N) is 2. The van der Waals surface area contributed by atoms with Crippen molar-refractivity contribution < 1.29 is 18.8 Å². The van der Waals surface area contributed by atoms with Gasteiger partial charge in [0, 0.05) is 12.0 Å². The van der Waals surface area contributed by atoms with Crippen LogP contribution < -0.4 is 5.32 Å². The maximum Gasteiger partial charge on any atom is 0.316 e. The Morgan fingerprint density at radius 2 is 1.82 bits per heavy atom. The minimum absolute atomic E-state index is 0.00486. The zero-order valence-electron chi connectivity index (χ0n) is 19.8. The maximum absolute atomic E-state index is 13.7. The van der Waals surface area contributed by atoms with Crippen molar-refractivity contribution in [2.45, 2.75) is 69.3 Å². The van der Waals surface area contributed by atoms with Crippen molar-refractivity contribution in [3.05, 3.63) is 48.2 Å². The molecule has 3 fully saturated rings. The van der Waals surface area contributed by atoms with E-state index in [2.05, 4.69) is 27.5 Å². The third-order valence-electron chi connectivity index (χ3n) is 8.22. The molecule has 1 aromatic heterocycles. The van der Waals surface area contributed by atoms with Crippen molar-refractivity contribution in [2.75, 3.05) is 25.0 Å². The van der Waals surface area contributed by atoms with E-state index in [4.69, 9.17) is 9.26 Å². The van der Waals surface area contributed by atoms with E-state index in [1.54, 1.807) is 6.07 Å². The summed E-state index contributed by atoms with van der Waals surface area (Å²) in [5.74, 6) is 1.31. The van der Waals surface area contributed by atoms with Crippen LogP contribution in [-0.4, -0.2) is 47.7 Å². The molecular weight excluding hydrogens is 430 g/mol. The summed E-state index contributed by atoms with van der Waals surface area (Å²) < 4.78 is 11.1. The number of amides is 1. The van der Waals surface area contributed by atoms with Gasteiger partial charge < -0.3 is 14.6 Å². The number of benzene rings is 1. The highest BCUT2D eigenvalue weighted by molar-refractivity contribution is 5.91. The average molecular weight is 466 g/mol. The lowest BCUT2D eigenvalue weighted by Crippen LogP contribution is -2.48. The van der Waals surface area contributed by atoms with Gasteiger partial charge in [-0.2, -0.15) is 0 Å². The molecule has 2 saturated carbocycles. The van der Waals surface area contributed by atoms with Crippen LogP contribution in [0.3, 0.4) is 0 Å². The highest BCUT2D eigenvalue weighted by Crippen LogP contribution is 2.46. The first kappa shape index (κ1) is 23.1. The van der Waals surface area contributed by atoms with E-state index in [1.165, 1.54) is 19.1 Å². The van der Waals surface area contributed by atoms with Gasteiger partial charge in [0.2, 0.25) is 5.91 Å². The van der Waals surface area contributed by atoms with E-state index in [1.807, 2.05) is 18.2 Å². The van der Waals surface area contributed by atoms with Gasteiger partial charge >= 0.3 is 5.97 Å². The molecule has 182 valence electrons. The zero-order valence-corrected chi connectivity index (χ0v) is 19.8. The molecule has 34 heavy (non-hydrogen) atoms. The lowest BCUT2D eigenvalue weighted by atomic mass is 9.68. The fraction of sp³-hybridized carbons (Fsp3) is 0.593. The number of carbonyl (C=O) groups excluding carboxylic acids is 2. The van der Waals surface area contributed by atoms with Gasteiger partial charge in [-0.15, -0.1) is 0 Å². The Morgan fingerprint density at radius 3 is 2.56 bits per heavy atom. The molecule has 1 aliphatic heterocycles. The van der Waals surface area contributed by atoms with Crippen molar-refractivity contribution in [2.24, 2.45) is 11.8 Å². The molecular formula is C27H35N3O4. The minimum Gasteiger partial charge on any atom is -0.461 e. The first-order valence-electron chi connectivity index (χ1n) is 12.8. The van der Waals surface area contributed by atoms with Gasteiger partial charge in [0.25, 0.3) is 0 Å². The molecule has 2 heterocycles. The standard InChI is InChI=1S/C27H35N3O4/c31-25(28-24-12-17-33-29-24)19-30-15-10-20-18-23(22(20)11-16-30)34-26(32)27(13-6-1-2-7-14-27)21-8-4-3-5-9-21/h3-5,8-9,12,17,20,22-23H,1-2,6-7,10-11,13-16,18-19H2,(H,28,29,31)/t20?,22?,23-/m0/s1. The Morgan fingerprint density at radius 1 is 1.06 bits per heavy atom. The zero-order chi connectivity index (χ0) is 23.4. The topological polar surface area (TPSA) is 84.7 Å². The van der Waals surface area contributed by atoms with Crippen LogP contribution in [0.1, 0.15) is 63.4 Å². The van der Waals surface area contributed by atoms with Crippen molar-refractivity contribution in [3.63, 3.8) is 0 Å². The first-order valence-corrected chi connectivity index (χ1v) is 12.8. The molecule has 1 N–H and O–H groups in total. The smallest absolute Gasteiger partial charge is 0.316 e. The van der Waals surface area contributed by atoms with Crippen molar-refractivity contribution in [1.82, 2.24) is 10.1 Å². The van der Waals surface area contributed by atoms with E-state index in [0.717, 1.165) is 63.6 Å². The van der Waals surface area contributed by atoms with Gasteiger partial charge in [0.15, 0.2) is 5.82 Å². The monoisotopic (exact) mass is 465 g/mol. The van der Waals surface area contributed by atoms with Crippen LogP contribution in [0.15, 0.2) is 47.2 Å². The van der Waals surface area contributed by atoms with Crippen LogP contribution in [0.4, 0.5) is 5.82 Å². The minimum atomic E-state index is -0.501. The van der Waals surface area contributed by atoms with Crippen LogP contribution in [0.25, 0.3) is 0 Å². The summed E-state index contributed by atoms with van der Waals surface area (Å²) in [5, 5.41) is 6.51. The summed E-state index contributed by atoms with van der Waals surface area (Å²) in [7, 11) is 0. The van der Waals surface area contributed by atoms with Gasteiger partial charge in [0.05, 0.1) is 12.0 Å². The molecule has 0 bridgehead atoms. The van der Waals surface area contributed by atoms with Crippen LogP contribution in [-0.2, 0) is 19.7 Å². The molecule has 1 saturated heterocycles. The van der Waals surface area contributed by atoms with Crippen LogP contribution in [0.2, 0.25) is 0 Å². The molecule has 2 aromatic rings. The Hall–Kier alpha value is -2.67. The number of carbonyl (C=O) groups is 2. The predicted octanol–water partition coefficient (Wildman–Crippen LogP) is 4.55. The number of hydrogen-bond donors (Lipinski definition) is 1. The molecule has 0 radical (unpaired) electrons. The quantitative estimate of drug-likeness (QED) is 0.498. The summed E-state index contributed by atoms with van der Waals surface area (Å²) in [6.07, 6.45) is 10.7. The van der Waals surface area contributed by atoms with Gasteiger partial charge in [0.1, 0.15) is 12.4 Å². The Labute approximate surface area is 201 Å². The number of likely N-dealkylation sites (tertiary alicyclic amines) is 1. The van der Waals surface area contributed by atoms with E-state index in [0.29, 0.717) is 24.2 Å². The average Bonchev–Trinajstić information content (AvgIpc) is 3.13. The number of nitrogens with one attached hydrogen (secondary N) is 1. The molecule has 5 rings (SSSR count). The second-order valence-electron chi connectivity index (χ2n) is 10.3. The molecule has 2 unspecified atom stereocenters. The number of ether oxygens (including phenoxy) is 1. The third kappa shape index (κ3) is 4.90. The second-order valence-corrected chi connectivity index (χ2v) is 10.3. The molecule has 2 aliphatic carbocycles. The van der Waals surface area contributed by atoms with Gasteiger partial charge in [-0.05, 0) is 56.7 Å². The summed E-state index contributed by atoms with van der Waals surface area (Å²) in [6.45, 7) is 2.07. The summed E-state index contributed by atoms with van der Waals surface area (Å²) >= 11 is 0. The lowest BCUT2D eigenvalue weighted by molar-refractivity contribution is -0.171. The van der Waals surface area contributed by atoms with Gasteiger partial charge in [-0.1, -0.05) is 61.2 Å². The second kappa shape index (κ2) is 10.3. The Kier molecular flexibility index (Phi) is 6.99. The summed E-state index contributed by atoms with van der Waals surface area (Å²) in [5.41, 5.74) is 0.613. The van der Waals surface area contributed by atoms with E-state index in [9.17, 15) is 9.59 Å². The predicted molar refractivity (Wildman–Crippen MR) is 128 cm³/mol. The molecule has 7 heteroatoms. The fourth-order valence-corrected chi connectivity index (χ4v) is 6.21. The van der Waals surface area contributed by atoms with Crippen LogP contribution >= 0.6 is 0 Å². The third-order valence-corrected chi connectivity index (χ3v) is 8.22. The number of anilines is 1. The molecule has 0 spiro atoms. The molecule has 3 aliphatic rings. The number of fused-ring (bicyclic) bond motifs is 1. The highest BCUT2D eigenvalue weighted by atomic mass is 16.5. The molecule has 7 nitrogen and oxygen atoms in total. The van der Waals surface area contributed by atoms with Crippen molar-refractivity contribution in [3.8, 4) is 0 Å². The van der Waals surface area contributed by atoms with Crippen LogP contribution in [0.5, 0.6) is 0 Å². The van der Waals surface area contributed by atoms with Crippen LogP contribution in [0, 0.1) is 11.8 Å². The van der Waals surface area contributed by atoms with Gasteiger partial charge in [-0.25, -0.2) is 0 Å². The first-order chi connectivity index (χ1) is 16.6. The summed E-state index contributed by atoms with van der Waals surface area (Å²) in [4.78, 5) is 28.2. The number of aromatic nitrogens is 1. The van der Waals surface area contributed by atoms with E-state index in [-0.39, 0.29) is 18.0 Å². The Balaban J connectivity index is 1.19. The fourth-order valence-electron chi connectivity index (χ4n) is 6.21. The molecule has 1 amide bonds.